The first-order valence-corrected chi connectivity index (χ1v) is 6.53. The maximum Gasteiger partial charge on any atom is 0.106 e. The molecule has 2 aliphatic rings. The number of hydroxylamine groups is 2. The van der Waals surface area contributed by atoms with Crippen molar-refractivity contribution >= 4 is 11.8 Å². The molecule has 1 unspecified atom stereocenters. The van der Waals surface area contributed by atoms with Crippen LogP contribution >= 0.6 is 11.8 Å². The van der Waals surface area contributed by atoms with Gasteiger partial charge in [-0.2, -0.15) is 5.06 Å². The third-order valence-corrected chi connectivity index (χ3v) is 4.21. The molecular weight excluding hydrogens is 206 g/mol. The number of fused-ring (bicyclic) bond motifs is 1. The van der Waals surface area contributed by atoms with Gasteiger partial charge < -0.3 is 0 Å². The largest absolute Gasteiger partial charge is 0.293 e. The van der Waals surface area contributed by atoms with Gasteiger partial charge >= 0.3 is 0 Å². The van der Waals surface area contributed by atoms with Gasteiger partial charge in [-0.05, 0) is 25.0 Å². The van der Waals surface area contributed by atoms with Gasteiger partial charge in [-0.25, -0.2) is 0 Å². The fourth-order valence-electron chi connectivity index (χ4n) is 2.29. The third kappa shape index (κ3) is 1.92. The van der Waals surface area contributed by atoms with Crippen LogP contribution in [0.2, 0.25) is 0 Å². The average Bonchev–Trinajstić information content (AvgIpc) is 2.62. The van der Waals surface area contributed by atoms with E-state index in [-0.39, 0.29) is 0 Å². The minimum atomic E-state index is 0.456. The Labute approximate surface area is 94.6 Å². The highest BCUT2D eigenvalue weighted by Crippen LogP contribution is 2.34. The van der Waals surface area contributed by atoms with Crippen LogP contribution in [0.5, 0.6) is 0 Å². The van der Waals surface area contributed by atoms with Gasteiger partial charge in [-0.15, -0.1) is 11.8 Å². The first-order chi connectivity index (χ1) is 7.43. The van der Waals surface area contributed by atoms with E-state index in [4.69, 9.17) is 4.84 Å². The van der Waals surface area contributed by atoms with E-state index in [0.717, 1.165) is 12.3 Å². The molecule has 2 heterocycles. The van der Waals surface area contributed by atoms with E-state index in [1.54, 1.807) is 0 Å². The van der Waals surface area contributed by atoms with Crippen LogP contribution in [0.15, 0.2) is 35.2 Å². The Morgan fingerprint density at radius 3 is 3.00 bits per heavy atom. The van der Waals surface area contributed by atoms with Crippen molar-refractivity contribution in [2.24, 2.45) is 0 Å². The van der Waals surface area contributed by atoms with Gasteiger partial charge in [0.25, 0.3) is 0 Å². The Hall–Kier alpha value is -0.510. The first kappa shape index (κ1) is 9.70. The normalized spacial score (nSPS) is 29.9. The molecule has 0 radical (unpaired) electrons. The van der Waals surface area contributed by atoms with Crippen molar-refractivity contribution in [2.45, 2.75) is 29.9 Å². The highest BCUT2D eigenvalue weighted by atomic mass is 32.2. The quantitative estimate of drug-likeness (QED) is 0.728. The van der Waals surface area contributed by atoms with Crippen LogP contribution in [-0.4, -0.2) is 29.5 Å². The van der Waals surface area contributed by atoms with E-state index in [1.165, 1.54) is 17.7 Å². The molecule has 0 bridgehead atoms. The highest BCUT2D eigenvalue weighted by molar-refractivity contribution is 7.99. The number of hydrogen-bond donors (Lipinski definition) is 0. The van der Waals surface area contributed by atoms with Crippen LogP contribution in [0.3, 0.4) is 0 Å². The summed E-state index contributed by atoms with van der Waals surface area (Å²) in [5.74, 6) is 1.09. The maximum atomic E-state index is 5.70. The zero-order chi connectivity index (χ0) is 10.1. The van der Waals surface area contributed by atoms with E-state index < -0.39 is 0 Å². The topological polar surface area (TPSA) is 12.5 Å². The Morgan fingerprint density at radius 1 is 1.33 bits per heavy atom. The van der Waals surface area contributed by atoms with Crippen molar-refractivity contribution < 1.29 is 4.84 Å². The number of rotatable bonds is 3. The number of benzene rings is 1. The zero-order valence-corrected chi connectivity index (χ0v) is 9.45. The molecule has 3 heteroatoms. The molecule has 3 rings (SSSR count). The van der Waals surface area contributed by atoms with Crippen molar-refractivity contribution in [3.05, 3.63) is 30.3 Å². The van der Waals surface area contributed by atoms with Crippen molar-refractivity contribution in [1.82, 2.24) is 5.06 Å². The van der Waals surface area contributed by atoms with Gasteiger partial charge in [0, 0.05) is 17.2 Å². The van der Waals surface area contributed by atoms with Gasteiger partial charge in [0.2, 0.25) is 0 Å². The summed E-state index contributed by atoms with van der Waals surface area (Å²) in [6.45, 7) is 1.14. The first-order valence-electron chi connectivity index (χ1n) is 5.55. The third-order valence-electron chi connectivity index (χ3n) is 3.11. The van der Waals surface area contributed by atoms with Crippen LogP contribution in [0.1, 0.15) is 12.8 Å². The highest BCUT2D eigenvalue weighted by Gasteiger charge is 2.43. The van der Waals surface area contributed by atoms with Gasteiger partial charge in [0.1, 0.15) is 6.10 Å². The predicted molar refractivity (Wildman–Crippen MR) is 61.8 cm³/mol. The van der Waals surface area contributed by atoms with Gasteiger partial charge in [-0.1, -0.05) is 18.2 Å². The molecule has 2 aliphatic heterocycles. The summed E-state index contributed by atoms with van der Waals surface area (Å²) in [5.41, 5.74) is 0. The van der Waals surface area contributed by atoms with Crippen LogP contribution in [0.25, 0.3) is 0 Å². The molecule has 1 aromatic rings. The lowest BCUT2D eigenvalue weighted by atomic mass is 10.1. The van der Waals surface area contributed by atoms with Gasteiger partial charge in [0.15, 0.2) is 0 Å². The molecule has 0 aliphatic carbocycles. The molecule has 0 aromatic heterocycles. The molecule has 2 saturated heterocycles. The number of thioether (sulfide) groups is 1. The molecule has 2 nitrogen and oxygen atoms in total. The lowest BCUT2D eigenvalue weighted by Crippen LogP contribution is -2.55. The smallest absolute Gasteiger partial charge is 0.106 e. The van der Waals surface area contributed by atoms with Crippen molar-refractivity contribution in [3.8, 4) is 0 Å². The monoisotopic (exact) mass is 221 g/mol. The molecule has 0 saturated carbocycles. The summed E-state index contributed by atoms with van der Waals surface area (Å²) in [6.07, 6.45) is 3.08. The molecule has 2 fully saturated rings. The molecule has 0 spiro atoms. The Bertz CT molecular complexity index is 330. The summed E-state index contributed by atoms with van der Waals surface area (Å²) in [6, 6.07) is 11.3. The zero-order valence-electron chi connectivity index (χ0n) is 8.63. The van der Waals surface area contributed by atoms with E-state index in [9.17, 15) is 0 Å². The van der Waals surface area contributed by atoms with Crippen molar-refractivity contribution in [2.75, 3.05) is 12.3 Å². The fraction of sp³-hybridized carbons (Fsp3) is 0.500. The Balaban J connectivity index is 1.51. The van der Waals surface area contributed by atoms with Gasteiger partial charge in [0.05, 0.1) is 6.04 Å². The molecule has 2 atom stereocenters. The summed E-state index contributed by atoms with van der Waals surface area (Å²) >= 11 is 1.90. The van der Waals surface area contributed by atoms with Crippen LogP contribution < -0.4 is 0 Å². The summed E-state index contributed by atoms with van der Waals surface area (Å²) in [4.78, 5) is 7.04. The molecule has 1 aromatic carbocycles. The second-order valence-electron chi connectivity index (χ2n) is 4.12. The lowest BCUT2D eigenvalue weighted by molar-refractivity contribution is -0.311. The second-order valence-corrected chi connectivity index (χ2v) is 5.21. The number of nitrogens with zero attached hydrogens (tertiary/aromatic N) is 1. The minimum Gasteiger partial charge on any atom is -0.293 e. The fourth-order valence-corrected chi connectivity index (χ4v) is 3.28. The predicted octanol–water partition coefficient (Wildman–Crippen LogP) is 2.56. The lowest BCUT2D eigenvalue weighted by Gasteiger charge is -2.42. The van der Waals surface area contributed by atoms with E-state index >= 15 is 0 Å². The Kier molecular flexibility index (Phi) is 2.69. The van der Waals surface area contributed by atoms with E-state index in [1.807, 2.05) is 11.8 Å². The molecular formula is C12H15NOS. The average molecular weight is 221 g/mol. The minimum absolute atomic E-state index is 0.456. The molecule has 0 amide bonds. The van der Waals surface area contributed by atoms with E-state index in [0.29, 0.717) is 12.1 Å². The second kappa shape index (κ2) is 4.16. The summed E-state index contributed by atoms with van der Waals surface area (Å²) in [5, 5.41) is 2.15. The standard InChI is InChI=1S/C12H15NOS/c1-2-5-10(6-3-1)15-9-12-11-7-4-8-13(11)14-12/h1-3,5-6,11-12H,4,7-9H2/t11-,12?/m1/s1. The Morgan fingerprint density at radius 2 is 2.20 bits per heavy atom. The summed E-state index contributed by atoms with van der Waals surface area (Å²) in [7, 11) is 0. The van der Waals surface area contributed by atoms with Crippen molar-refractivity contribution in [3.63, 3.8) is 0 Å². The van der Waals surface area contributed by atoms with Gasteiger partial charge in [-0.3, -0.25) is 4.84 Å². The molecule has 80 valence electrons. The molecule has 15 heavy (non-hydrogen) atoms. The summed E-state index contributed by atoms with van der Waals surface area (Å²) < 4.78 is 0. The van der Waals surface area contributed by atoms with Crippen LogP contribution in [-0.2, 0) is 4.84 Å². The molecule has 0 N–H and O–H groups in total. The maximum absolute atomic E-state index is 5.70. The van der Waals surface area contributed by atoms with E-state index in [2.05, 4.69) is 35.4 Å². The van der Waals surface area contributed by atoms with Crippen LogP contribution in [0, 0.1) is 0 Å². The number of hydrogen-bond acceptors (Lipinski definition) is 3. The van der Waals surface area contributed by atoms with Crippen molar-refractivity contribution in [1.29, 1.82) is 0 Å². The SMILES string of the molecule is c1ccc(SCC2ON3CCC[C@H]23)cc1. The van der Waals surface area contributed by atoms with Crippen LogP contribution in [0.4, 0.5) is 0 Å².